The maximum atomic E-state index is 13.4. The van der Waals surface area contributed by atoms with Crippen molar-refractivity contribution in [3.05, 3.63) is 106 Å². The van der Waals surface area contributed by atoms with Gasteiger partial charge in [0.05, 0.1) is 6.54 Å². The molecule has 1 aliphatic rings. The first kappa shape index (κ1) is 17.3. The van der Waals surface area contributed by atoms with Gasteiger partial charge in [0.1, 0.15) is 18.9 Å². The van der Waals surface area contributed by atoms with E-state index in [0.717, 1.165) is 36.6 Å². The van der Waals surface area contributed by atoms with Gasteiger partial charge in [-0.3, -0.25) is 0 Å². The molecule has 3 aromatic rings. The lowest BCUT2D eigenvalue weighted by Crippen LogP contribution is -3.07. The van der Waals surface area contributed by atoms with Gasteiger partial charge in [0.25, 0.3) is 0 Å². The SMILES string of the molecule is Fc1ccc([C@H](CC[NH+]2Cc3ccccc3C2)c2ccc(Cl)cc2)cc1. The molecule has 4 rings (SSSR count). The summed E-state index contributed by atoms with van der Waals surface area (Å²) in [6.07, 6.45) is 1.02. The number of hydrogen-bond acceptors (Lipinski definition) is 0. The molecule has 0 aliphatic carbocycles. The van der Waals surface area contributed by atoms with Crippen LogP contribution < -0.4 is 4.90 Å². The summed E-state index contributed by atoms with van der Waals surface area (Å²) in [6.45, 7) is 3.26. The predicted octanol–water partition coefficient (Wildman–Crippen LogP) is 4.60. The highest BCUT2D eigenvalue weighted by atomic mass is 35.5. The van der Waals surface area contributed by atoms with Crippen molar-refractivity contribution in [1.29, 1.82) is 0 Å². The van der Waals surface area contributed by atoms with Crippen molar-refractivity contribution in [2.24, 2.45) is 0 Å². The fourth-order valence-electron chi connectivity index (χ4n) is 3.94. The van der Waals surface area contributed by atoms with Crippen LogP contribution in [0.25, 0.3) is 0 Å². The number of fused-ring (bicyclic) bond motifs is 1. The molecule has 3 heteroatoms. The highest BCUT2D eigenvalue weighted by molar-refractivity contribution is 6.30. The van der Waals surface area contributed by atoms with Gasteiger partial charge in [0.2, 0.25) is 0 Å². The molecule has 0 saturated heterocycles. The van der Waals surface area contributed by atoms with Gasteiger partial charge in [-0.2, -0.15) is 0 Å². The number of nitrogens with one attached hydrogen (secondary N) is 1. The molecule has 132 valence electrons. The van der Waals surface area contributed by atoms with Crippen LogP contribution in [0.1, 0.15) is 34.6 Å². The Morgan fingerprint density at radius 1 is 0.808 bits per heavy atom. The minimum absolute atomic E-state index is 0.191. The molecule has 0 fully saturated rings. The highest BCUT2D eigenvalue weighted by Crippen LogP contribution is 2.29. The average molecular weight is 367 g/mol. The van der Waals surface area contributed by atoms with Gasteiger partial charge in [0, 0.05) is 28.5 Å². The highest BCUT2D eigenvalue weighted by Gasteiger charge is 2.24. The maximum Gasteiger partial charge on any atom is 0.123 e. The Hall–Kier alpha value is -2.16. The van der Waals surface area contributed by atoms with Crippen molar-refractivity contribution in [3.8, 4) is 0 Å². The molecule has 3 aromatic carbocycles. The Balaban J connectivity index is 1.52. The number of hydrogen-bond donors (Lipinski definition) is 1. The van der Waals surface area contributed by atoms with E-state index in [9.17, 15) is 4.39 Å². The van der Waals surface area contributed by atoms with Gasteiger partial charge in [-0.05, 0) is 35.4 Å². The van der Waals surface area contributed by atoms with Crippen molar-refractivity contribution in [2.45, 2.75) is 25.4 Å². The molecular weight excluding hydrogens is 345 g/mol. The van der Waals surface area contributed by atoms with Crippen LogP contribution in [0, 0.1) is 5.82 Å². The standard InChI is InChI=1S/C23H21ClFN/c24-21-9-5-17(6-10-21)23(18-7-11-22(25)12-8-18)13-14-26-15-19-3-1-2-4-20(19)16-26/h1-12,23H,13-16H2/p+1/t23-/m1/s1. The molecule has 0 bridgehead atoms. The molecule has 0 saturated carbocycles. The van der Waals surface area contributed by atoms with Crippen LogP contribution in [0.5, 0.6) is 0 Å². The van der Waals surface area contributed by atoms with Gasteiger partial charge in [0.15, 0.2) is 0 Å². The predicted molar refractivity (Wildman–Crippen MR) is 104 cm³/mol. The van der Waals surface area contributed by atoms with E-state index in [1.807, 2.05) is 24.3 Å². The van der Waals surface area contributed by atoms with Gasteiger partial charge < -0.3 is 4.90 Å². The molecule has 1 aliphatic heterocycles. The summed E-state index contributed by atoms with van der Waals surface area (Å²) in [5.74, 6) is 0.0632. The minimum Gasteiger partial charge on any atom is -0.327 e. The van der Waals surface area contributed by atoms with Gasteiger partial charge in [-0.1, -0.05) is 60.1 Å². The normalized spacial score (nSPS) is 15.0. The third kappa shape index (κ3) is 3.82. The van der Waals surface area contributed by atoms with Crippen LogP contribution in [0.2, 0.25) is 5.02 Å². The molecule has 0 spiro atoms. The molecule has 0 unspecified atom stereocenters. The molecule has 26 heavy (non-hydrogen) atoms. The summed E-state index contributed by atoms with van der Waals surface area (Å²) in [5, 5.41) is 0.743. The molecular formula is C23H22ClFN+. The molecule has 0 amide bonds. The van der Waals surface area contributed by atoms with Crippen LogP contribution >= 0.6 is 11.6 Å². The summed E-state index contributed by atoms with van der Waals surface area (Å²) in [7, 11) is 0. The zero-order valence-electron chi connectivity index (χ0n) is 14.6. The van der Waals surface area contributed by atoms with Crippen LogP contribution in [-0.2, 0) is 13.1 Å². The van der Waals surface area contributed by atoms with Gasteiger partial charge in [-0.15, -0.1) is 0 Å². The first-order valence-electron chi connectivity index (χ1n) is 9.10. The van der Waals surface area contributed by atoms with Crippen molar-refractivity contribution in [3.63, 3.8) is 0 Å². The second-order valence-electron chi connectivity index (χ2n) is 7.07. The number of rotatable bonds is 5. The summed E-state index contributed by atoms with van der Waals surface area (Å²) >= 11 is 6.06. The van der Waals surface area contributed by atoms with E-state index >= 15 is 0 Å². The lowest BCUT2D eigenvalue weighted by molar-refractivity contribution is -0.920. The van der Waals surface area contributed by atoms with Crippen molar-refractivity contribution in [2.75, 3.05) is 6.54 Å². The second-order valence-corrected chi connectivity index (χ2v) is 7.50. The Bertz CT molecular complexity index is 803. The number of benzene rings is 3. The summed E-state index contributed by atoms with van der Waals surface area (Å²) in [4.78, 5) is 1.59. The van der Waals surface area contributed by atoms with Crippen molar-refractivity contribution >= 4 is 11.6 Å². The van der Waals surface area contributed by atoms with E-state index in [1.54, 1.807) is 17.0 Å². The average Bonchev–Trinajstić information content (AvgIpc) is 3.07. The lowest BCUT2D eigenvalue weighted by atomic mass is 9.88. The van der Waals surface area contributed by atoms with Gasteiger partial charge in [-0.25, -0.2) is 4.39 Å². The monoisotopic (exact) mass is 366 g/mol. The Labute approximate surface area is 159 Å². The van der Waals surface area contributed by atoms with Crippen LogP contribution in [0.15, 0.2) is 72.8 Å². The smallest absolute Gasteiger partial charge is 0.123 e. The van der Waals surface area contributed by atoms with Crippen LogP contribution in [0.3, 0.4) is 0 Å². The Morgan fingerprint density at radius 3 is 1.92 bits per heavy atom. The first-order valence-corrected chi connectivity index (χ1v) is 9.48. The van der Waals surface area contributed by atoms with E-state index < -0.39 is 0 Å². The molecule has 0 radical (unpaired) electrons. The first-order chi connectivity index (χ1) is 12.7. The van der Waals surface area contributed by atoms with E-state index in [4.69, 9.17) is 11.6 Å². The summed E-state index contributed by atoms with van der Waals surface area (Å²) in [5.41, 5.74) is 5.32. The lowest BCUT2D eigenvalue weighted by Gasteiger charge is -2.20. The zero-order chi connectivity index (χ0) is 17.9. The Morgan fingerprint density at radius 2 is 1.35 bits per heavy atom. The summed E-state index contributed by atoms with van der Waals surface area (Å²) in [6, 6.07) is 23.7. The molecule has 1 heterocycles. The number of quaternary nitrogens is 1. The zero-order valence-corrected chi connectivity index (χ0v) is 15.3. The topological polar surface area (TPSA) is 4.44 Å². The second kappa shape index (κ2) is 7.61. The van der Waals surface area contributed by atoms with E-state index in [-0.39, 0.29) is 11.7 Å². The Kier molecular flexibility index (Phi) is 5.05. The van der Waals surface area contributed by atoms with E-state index in [1.165, 1.54) is 16.7 Å². The fourth-order valence-corrected chi connectivity index (χ4v) is 4.07. The van der Waals surface area contributed by atoms with Crippen molar-refractivity contribution in [1.82, 2.24) is 0 Å². The van der Waals surface area contributed by atoms with Gasteiger partial charge >= 0.3 is 0 Å². The molecule has 1 nitrogen and oxygen atoms in total. The third-order valence-corrected chi connectivity index (χ3v) is 5.58. The van der Waals surface area contributed by atoms with Crippen molar-refractivity contribution < 1.29 is 9.29 Å². The molecule has 1 N–H and O–H groups in total. The third-order valence-electron chi connectivity index (χ3n) is 5.33. The fraction of sp³-hybridized carbons (Fsp3) is 0.217. The molecule has 1 atom stereocenters. The van der Waals surface area contributed by atoms with E-state index in [0.29, 0.717) is 0 Å². The molecule has 0 aromatic heterocycles. The minimum atomic E-state index is -0.191. The number of halogens is 2. The van der Waals surface area contributed by atoms with E-state index in [2.05, 4.69) is 36.4 Å². The maximum absolute atomic E-state index is 13.4. The quantitative estimate of drug-likeness (QED) is 0.673. The largest absolute Gasteiger partial charge is 0.327 e. The summed E-state index contributed by atoms with van der Waals surface area (Å²) < 4.78 is 13.4. The van der Waals surface area contributed by atoms with Crippen LogP contribution in [-0.4, -0.2) is 6.54 Å². The van der Waals surface area contributed by atoms with Crippen LogP contribution in [0.4, 0.5) is 4.39 Å².